The van der Waals surface area contributed by atoms with Crippen molar-refractivity contribution in [3.05, 3.63) is 34.9 Å². The molecule has 1 aliphatic rings. The Bertz CT molecular complexity index is 634. The Morgan fingerprint density at radius 2 is 2.13 bits per heavy atom. The Balaban J connectivity index is 2.33. The molecule has 0 bridgehead atoms. The molecule has 0 spiro atoms. The maximum Gasteiger partial charge on any atom is 0.323 e. The molecular formula is C16H19ClN2O4. The number of hydrogen-bond acceptors (Lipinski definition) is 3. The topological polar surface area (TPSA) is 77.9 Å². The number of aliphatic carboxylic acids is 1. The standard InChI is InChI=1S/C16H19ClN2O4/c1-18(9-14(21)22)16(23)12-6-7-13(20)19(2)15(12)10-4-3-5-11(17)8-10/h3-5,8,12,15H,6-7,9H2,1-2H3,(H,21,22)/t12-,15+/m1/s1. The molecule has 1 aromatic carbocycles. The van der Waals surface area contributed by atoms with Crippen molar-refractivity contribution in [1.82, 2.24) is 9.80 Å². The highest BCUT2D eigenvalue weighted by Crippen LogP contribution is 2.37. The van der Waals surface area contributed by atoms with E-state index < -0.39 is 17.9 Å². The van der Waals surface area contributed by atoms with Crippen molar-refractivity contribution < 1.29 is 19.5 Å². The molecule has 7 heteroatoms. The monoisotopic (exact) mass is 338 g/mol. The fourth-order valence-corrected chi connectivity index (χ4v) is 3.21. The highest BCUT2D eigenvalue weighted by atomic mass is 35.5. The molecule has 2 rings (SSSR count). The van der Waals surface area contributed by atoms with Crippen molar-refractivity contribution in [2.45, 2.75) is 18.9 Å². The summed E-state index contributed by atoms with van der Waals surface area (Å²) in [5.41, 5.74) is 0.773. The number of likely N-dealkylation sites (N-methyl/N-ethyl adjacent to an activating group) is 1. The number of halogens is 1. The second-order valence-electron chi connectivity index (χ2n) is 5.74. The van der Waals surface area contributed by atoms with Crippen molar-refractivity contribution in [3.8, 4) is 0 Å². The van der Waals surface area contributed by atoms with Crippen LogP contribution < -0.4 is 0 Å². The second kappa shape index (κ2) is 7.00. The molecule has 0 saturated carbocycles. The zero-order chi connectivity index (χ0) is 17.1. The Morgan fingerprint density at radius 1 is 1.43 bits per heavy atom. The van der Waals surface area contributed by atoms with Gasteiger partial charge in [-0.25, -0.2) is 0 Å². The first-order valence-electron chi connectivity index (χ1n) is 7.29. The van der Waals surface area contributed by atoms with E-state index in [2.05, 4.69) is 0 Å². The van der Waals surface area contributed by atoms with Crippen LogP contribution in [0.1, 0.15) is 24.4 Å². The molecule has 23 heavy (non-hydrogen) atoms. The lowest BCUT2D eigenvalue weighted by Crippen LogP contribution is -2.47. The van der Waals surface area contributed by atoms with Crippen LogP contribution in [0.3, 0.4) is 0 Å². The SMILES string of the molecule is CN(CC(=O)O)C(=O)[C@@H]1CCC(=O)N(C)[C@H]1c1cccc(Cl)c1. The minimum absolute atomic E-state index is 0.0417. The Labute approximate surface area is 139 Å². The number of carboxylic acids is 1. The molecule has 0 radical (unpaired) electrons. The van der Waals surface area contributed by atoms with Gasteiger partial charge in [-0.05, 0) is 24.1 Å². The van der Waals surface area contributed by atoms with Crippen LogP contribution in [0.5, 0.6) is 0 Å². The third kappa shape index (κ3) is 3.82. The summed E-state index contributed by atoms with van der Waals surface area (Å²) in [5.74, 6) is -1.88. The van der Waals surface area contributed by atoms with Gasteiger partial charge in [0.2, 0.25) is 11.8 Å². The molecule has 124 valence electrons. The molecule has 2 amide bonds. The van der Waals surface area contributed by atoms with Gasteiger partial charge in [0.25, 0.3) is 0 Å². The molecule has 1 aromatic rings. The average Bonchev–Trinajstić information content (AvgIpc) is 2.48. The van der Waals surface area contributed by atoms with E-state index in [1.165, 1.54) is 11.9 Å². The van der Waals surface area contributed by atoms with E-state index in [-0.39, 0.29) is 24.8 Å². The number of benzene rings is 1. The van der Waals surface area contributed by atoms with Gasteiger partial charge in [-0.15, -0.1) is 0 Å². The zero-order valence-electron chi connectivity index (χ0n) is 13.0. The number of amides is 2. The molecule has 0 unspecified atom stereocenters. The summed E-state index contributed by atoms with van der Waals surface area (Å²) in [6.45, 7) is -0.366. The summed E-state index contributed by atoms with van der Waals surface area (Å²) >= 11 is 6.03. The summed E-state index contributed by atoms with van der Waals surface area (Å²) in [7, 11) is 3.12. The van der Waals surface area contributed by atoms with Crippen LogP contribution >= 0.6 is 11.6 Å². The molecule has 1 heterocycles. The number of carboxylic acid groups (broad SMARTS) is 1. The van der Waals surface area contributed by atoms with Crippen molar-refractivity contribution in [1.29, 1.82) is 0 Å². The highest BCUT2D eigenvalue weighted by Gasteiger charge is 2.40. The van der Waals surface area contributed by atoms with Gasteiger partial charge in [0.15, 0.2) is 0 Å². The predicted molar refractivity (Wildman–Crippen MR) is 85.0 cm³/mol. The number of rotatable bonds is 4. The highest BCUT2D eigenvalue weighted by molar-refractivity contribution is 6.30. The van der Waals surface area contributed by atoms with Crippen LogP contribution in [0.25, 0.3) is 0 Å². The summed E-state index contributed by atoms with van der Waals surface area (Å²) in [6, 6.07) is 6.61. The van der Waals surface area contributed by atoms with E-state index in [0.717, 1.165) is 5.56 Å². The number of nitrogens with zero attached hydrogens (tertiary/aromatic N) is 2. The number of carbonyl (C=O) groups is 3. The van der Waals surface area contributed by atoms with Crippen LogP contribution in [0.4, 0.5) is 0 Å². The molecule has 0 aromatic heterocycles. The molecule has 1 N–H and O–H groups in total. The van der Waals surface area contributed by atoms with Crippen molar-refractivity contribution in [3.63, 3.8) is 0 Å². The predicted octanol–water partition coefficient (Wildman–Crippen LogP) is 1.79. The third-order valence-electron chi connectivity index (χ3n) is 4.12. The van der Waals surface area contributed by atoms with Gasteiger partial charge >= 0.3 is 5.97 Å². The van der Waals surface area contributed by atoms with Gasteiger partial charge in [0.05, 0.1) is 12.0 Å². The Morgan fingerprint density at radius 3 is 2.74 bits per heavy atom. The lowest BCUT2D eigenvalue weighted by molar-refractivity contribution is -0.150. The van der Waals surface area contributed by atoms with E-state index in [1.807, 2.05) is 6.07 Å². The number of piperidine rings is 1. The molecular weight excluding hydrogens is 320 g/mol. The number of carbonyl (C=O) groups excluding carboxylic acids is 2. The van der Waals surface area contributed by atoms with Gasteiger partial charge in [-0.2, -0.15) is 0 Å². The lowest BCUT2D eigenvalue weighted by Gasteiger charge is -2.39. The number of hydrogen-bond donors (Lipinski definition) is 1. The van der Waals surface area contributed by atoms with E-state index >= 15 is 0 Å². The van der Waals surface area contributed by atoms with Crippen LogP contribution in [0.15, 0.2) is 24.3 Å². The maximum absolute atomic E-state index is 12.6. The largest absolute Gasteiger partial charge is 0.480 e. The second-order valence-corrected chi connectivity index (χ2v) is 6.17. The van der Waals surface area contributed by atoms with Crippen molar-refractivity contribution >= 4 is 29.4 Å². The Hall–Kier alpha value is -2.08. The maximum atomic E-state index is 12.6. The molecule has 6 nitrogen and oxygen atoms in total. The van der Waals surface area contributed by atoms with Crippen molar-refractivity contribution in [2.75, 3.05) is 20.6 Å². The first-order valence-corrected chi connectivity index (χ1v) is 7.67. The molecule has 1 saturated heterocycles. The third-order valence-corrected chi connectivity index (χ3v) is 4.35. The van der Waals surface area contributed by atoms with Gasteiger partial charge in [0, 0.05) is 25.5 Å². The van der Waals surface area contributed by atoms with E-state index in [0.29, 0.717) is 11.4 Å². The van der Waals surface area contributed by atoms with E-state index in [4.69, 9.17) is 16.7 Å². The van der Waals surface area contributed by atoms with Gasteiger partial charge in [-0.1, -0.05) is 23.7 Å². The summed E-state index contributed by atoms with van der Waals surface area (Å²) in [5, 5.41) is 9.40. The molecule has 1 aliphatic heterocycles. The normalized spacial score (nSPS) is 21.2. The van der Waals surface area contributed by atoms with E-state index in [9.17, 15) is 14.4 Å². The minimum Gasteiger partial charge on any atom is -0.480 e. The number of likely N-dealkylation sites (tertiary alicyclic amines) is 1. The zero-order valence-corrected chi connectivity index (χ0v) is 13.8. The van der Waals surface area contributed by atoms with Gasteiger partial charge in [-0.3, -0.25) is 14.4 Å². The first-order chi connectivity index (χ1) is 10.8. The van der Waals surface area contributed by atoms with E-state index in [1.54, 1.807) is 30.1 Å². The van der Waals surface area contributed by atoms with Crippen LogP contribution in [-0.4, -0.2) is 53.3 Å². The van der Waals surface area contributed by atoms with Gasteiger partial charge in [0.1, 0.15) is 6.54 Å². The first kappa shape index (κ1) is 17.3. The van der Waals surface area contributed by atoms with Crippen LogP contribution in [-0.2, 0) is 14.4 Å². The van der Waals surface area contributed by atoms with Crippen LogP contribution in [0, 0.1) is 5.92 Å². The molecule has 2 atom stereocenters. The fourth-order valence-electron chi connectivity index (χ4n) is 3.01. The lowest BCUT2D eigenvalue weighted by atomic mass is 9.83. The summed E-state index contributed by atoms with van der Waals surface area (Å²) in [4.78, 5) is 38.3. The summed E-state index contributed by atoms with van der Waals surface area (Å²) in [6.07, 6.45) is 0.661. The Kier molecular flexibility index (Phi) is 5.26. The van der Waals surface area contributed by atoms with Crippen LogP contribution in [0.2, 0.25) is 5.02 Å². The van der Waals surface area contributed by atoms with Crippen molar-refractivity contribution in [2.24, 2.45) is 5.92 Å². The van der Waals surface area contributed by atoms with Gasteiger partial charge < -0.3 is 14.9 Å². The fraction of sp³-hybridized carbons (Fsp3) is 0.438. The molecule has 1 fully saturated rings. The quantitative estimate of drug-likeness (QED) is 0.908. The molecule has 0 aliphatic carbocycles. The summed E-state index contributed by atoms with van der Waals surface area (Å²) < 4.78 is 0. The average molecular weight is 339 g/mol. The minimum atomic E-state index is -1.07. The smallest absolute Gasteiger partial charge is 0.323 e.